The lowest BCUT2D eigenvalue weighted by Crippen LogP contribution is -2.29. The van der Waals surface area contributed by atoms with Crippen LogP contribution in [0.2, 0.25) is 0 Å². The molecule has 1 amide bonds. The van der Waals surface area contributed by atoms with Gasteiger partial charge < -0.3 is 16.4 Å². The fourth-order valence-electron chi connectivity index (χ4n) is 1.34. The number of nitrogens with zero attached hydrogens (tertiary/aromatic N) is 2. The Bertz CT molecular complexity index is 281. The molecule has 0 spiro atoms. The number of hydrogen-bond donors (Lipinski definition) is 3. The zero-order chi connectivity index (χ0) is 11.3. The molecule has 1 aliphatic rings. The van der Waals surface area contributed by atoms with Gasteiger partial charge in [0.25, 0.3) is 0 Å². The Morgan fingerprint density at radius 2 is 2.00 bits per heavy atom. The number of carbonyl (C=O) groups is 1. The Hall–Kier alpha value is -1.24. The van der Waals surface area contributed by atoms with Crippen molar-refractivity contribution in [3.8, 4) is 0 Å². The van der Waals surface area contributed by atoms with Crippen LogP contribution in [0.1, 0.15) is 12.8 Å². The molecular weight excluding hydrogens is 214 g/mol. The van der Waals surface area contributed by atoms with Gasteiger partial charge in [0.15, 0.2) is 11.1 Å². The normalized spacial score (nSPS) is 15.1. The predicted octanol–water partition coefficient (Wildman–Crippen LogP) is -0.450. The summed E-state index contributed by atoms with van der Waals surface area (Å²) in [5, 5.41) is 7.30. The number of guanidine groups is 1. The van der Waals surface area contributed by atoms with Gasteiger partial charge >= 0.3 is 0 Å². The van der Waals surface area contributed by atoms with Gasteiger partial charge in [-0.1, -0.05) is 11.8 Å². The summed E-state index contributed by atoms with van der Waals surface area (Å²) < 4.78 is 0. The van der Waals surface area contributed by atoms with Crippen LogP contribution < -0.4 is 11.5 Å². The second-order valence-electron chi connectivity index (χ2n) is 3.22. The zero-order valence-corrected chi connectivity index (χ0v) is 9.22. The summed E-state index contributed by atoms with van der Waals surface area (Å²) >= 11 is 1.04. The SMILES string of the molecule is N=C(N=C(N)N)SCC(=O)N1CCCC1. The van der Waals surface area contributed by atoms with Gasteiger partial charge in [0.05, 0.1) is 5.75 Å². The Balaban J connectivity index is 2.27. The van der Waals surface area contributed by atoms with Crippen molar-refractivity contribution in [1.29, 1.82) is 5.41 Å². The van der Waals surface area contributed by atoms with Crippen molar-refractivity contribution < 1.29 is 4.79 Å². The van der Waals surface area contributed by atoms with E-state index in [4.69, 9.17) is 16.9 Å². The molecule has 0 radical (unpaired) electrons. The van der Waals surface area contributed by atoms with Crippen LogP contribution in [0, 0.1) is 5.41 Å². The molecule has 6 nitrogen and oxygen atoms in total. The van der Waals surface area contributed by atoms with E-state index in [1.165, 1.54) is 0 Å². The quantitative estimate of drug-likeness (QED) is 0.440. The number of aliphatic imine (C=N–C) groups is 1. The first kappa shape index (κ1) is 11.8. The zero-order valence-electron chi connectivity index (χ0n) is 8.40. The molecule has 15 heavy (non-hydrogen) atoms. The van der Waals surface area contributed by atoms with Crippen molar-refractivity contribution in [1.82, 2.24) is 4.90 Å². The first-order chi connectivity index (χ1) is 7.09. The average molecular weight is 229 g/mol. The van der Waals surface area contributed by atoms with E-state index in [2.05, 4.69) is 4.99 Å². The van der Waals surface area contributed by atoms with Crippen LogP contribution in [-0.4, -0.2) is 40.8 Å². The van der Waals surface area contributed by atoms with E-state index >= 15 is 0 Å². The molecule has 0 bridgehead atoms. The molecule has 0 unspecified atom stereocenters. The van der Waals surface area contributed by atoms with Gasteiger partial charge in [-0.2, -0.15) is 4.99 Å². The molecule has 84 valence electrons. The van der Waals surface area contributed by atoms with Gasteiger partial charge in [0.1, 0.15) is 0 Å². The molecular formula is C8H15N5OS. The second kappa shape index (κ2) is 5.59. The first-order valence-corrected chi connectivity index (χ1v) is 5.67. The Kier molecular flexibility index (Phi) is 4.41. The largest absolute Gasteiger partial charge is 0.370 e. The molecule has 0 aromatic carbocycles. The summed E-state index contributed by atoms with van der Waals surface area (Å²) in [6, 6.07) is 0. The molecule has 1 saturated heterocycles. The van der Waals surface area contributed by atoms with Crippen LogP contribution in [0.4, 0.5) is 0 Å². The van der Waals surface area contributed by atoms with Gasteiger partial charge in [0, 0.05) is 13.1 Å². The summed E-state index contributed by atoms with van der Waals surface area (Å²) in [5.41, 5.74) is 10.2. The van der Waals surface area contributed by atoms with Gasteiger partial charge in [-0.05, 0) is 12.8 Å². The number of nitrogens with one attached hydrogen (secondary N) is 1. The molecule has 0 saturated carbocycles. The molecule has 0 aromatic rings. The number of amides is 1. The summed E-state index contributed by atoms with van der Waals surface area (Å²) in [7, 11) is 0. The fourth-order valence-corrected chi connectivity index (χ4v) is 1.95. The molecule has 5 N–H and O–H groups in total. The molecule has 1 fully saturated rings. The Morgan fingerprint density at radius 1 is 1.40 bits per heavy atom. The maximum Gasteiger partial charge on any atom is 0.233 e. The Morgan fingerprint density at radius 3 is 2.53 bits per heavy atom. The minimum absolute atomic E-state index is 0.0254. The number of likely N-dealkylation sites (tertiary alicyclic amines) is 1. The second-order valence-corrected chi connectivity index (χ2v) is 4.18. The summed E-state index contributed by atoms with van der Waals surface area (Å²) in [5.74, 6) is 0.129. The van der Waals surface area contributed by atoms with Crippen LogP contribution in [0.15, 0.2) is 4.99 Å². The lowest BCUT2D eigenvalue weighted by Gasteiger charge is -2.14. The molecule has 0 aromatic heterocycles. The number of rotatable bonds is 2. The predicted molar refractivity (Wildman–Crippen MR) is 61.8 cm³/mol. The molecule has 1 rings (SSSR count). The van der Waals surface area contributed by atoms with Crippen LogP contribution in [-0.2, 0) is 4.79 Å². The number of carbonyl (C=O) groups excluding carboxylic acids is 1. The van der Waals surface area contributed by atoms with Gasteiger partial charge in [-0.15, -0.1) is 0 Å². The molecule has 7 heteroatoms. The topological polar surface area (TPSA) is 109 Å². The van der Waals surface area contributed by atoms with Gasteiger partial charge in [-0.3, -0.25) is 10.2 Å². The highest BCUT2D eigenvalue weighted by Gasteiger charge is 2.17. The highest BCUT2D eigenvalue weighted by Crippen LogP contribution is 2.11. The lowest BCUT2D eigenvalue weighted by molar-refractivity contribution is -0.127. The van der Waals surface area contributed by atoms with E-state index in [-0.39, 0.29) is 22.8 Å². The standard InChI is InChI=1S/C8H15N5OS/c9-7(10)12-8(11)15-5-6(14)13-3-1-2-4-13/h1-5H2,(H5,9,10,11,12). The van der Waals surface area contributed by atoms with E-state index in [9.17, 15) is 4.79 Å². The average Bonchev–Trinajstić information content (AvgIpc) is 2.65. The summed E-state index contributed by atoms with van der Waals surface area (Å²) in [6.45, 7) is 1.66. The van der Waals surface area contributed by atoms with E-state index in [1.54, 1.807) is 4.90 Å². The third-order valence-corrected chi connectivity index (χ3v) is 2.78. The van der Waals surface area contributed by atoms with Crippen LogP contribution >= 0.6 is 11.8 Å². The van der Waals surface area contributed by atoms with E-state index in [1.807, 2.05) is 0 Å². The first-order valence-electron chi connectivity index (χ1n) is 4.68. The van der Waals surface area contributed by atoms with Crippen molar-refractivity contribution in [2.24, 2.45) is 16.5 Å². The minimum Gasteiger partial charge on any atom is -0.370 e. The maximum absolute atomic E-state index is 11.5. The Labute approximate surface area is 92.6 Å². The smallest absolute Gasteiger partial charge is 0.233 e. The highest BCUT2D eigenvalue weighted by atomic mass is 32.2. The van der Waals surface area contributed by atoms with Crippen molar-refractivity contribution in [2.75, 3.05) is 18.8 Å². The van der Waals surface area contributed by atoms with E-state index in [0.29, 0.717) is 0 Å². The fraction of sp³-hybridized carbons (Fsp3) is 0.625. The van der Waals surface area contributed by atoms with Crippen LogP contribution in [0.3, 0.4) is 0 Å². The number of amidine groups is 1. The third kappa shape index (κ3) is 4.20. The number of thioether (sulfide) groups is 1. The molecule has 0 atom stereocenters. The highest BCUT2D eigenvalue weighted by molar-refractivity contribution is 8.14. The van der Waals surface area contributed by atoms with Crippen molar-refractivity contribution in [3.63, 3.8) is 0 Å². The number of hydrogen-bond acceptors (Lipinski definition) is 3. The van der Waals surface area contributed by atoms with E-state index < -0.39 is 0 Å². The minimum atomic E-state index is -0.152. The van der Waals surface area contributed by atoms with Gasteiger partial charge in [-0.25, -0.2) is 0 Å². The third-order valence-electron chi connectivity index (χ3n) is 2.02. The maximum atomic E-state index is 11.5. The summed E-state index contributed by atoms with van der Waals surface area (Å²) in [6.07, 6.45) is 2.14. The van der Waals surface area contributed by atoms with Crippen LogP contribution in [0.5, 0.6) is 0 Å². The molecule has 0 aliphatic carbocycles. The van der Waals surface area contributed by atoms with Crippen molar-refractivity contribution >= 4 is 28.8 Å². The van der Waals surface area contributed by atoms with Crippen molar-refractivity contribution in [2.45, 2.75) is 12.8 Å². The lowest BCUT2D eigenvalue weighted by atomic mass is 10.4. The van der Waals surface area contributed by atoms with Crippen molar-refractivity contribution in [3.05, 3.63) is 0 Å². The molecule has 1 heterocycles. The number of nitrogens with two attached hydrogens (primary N) is 2. The van der Waals surface area contributed by atoms with Gasteiger partial charge in [0.2, 0.25) is 5.91 Å². The van der Waals surface area contributed by atoms with E-state index in [0.717, 1.165) is 37.7 Å². The summed E-state index contributed by atoms with van der Waals surface area (Å²) in [4.78, 5) is 16.9. The molecule has 1 aliphatic heterocycles. The monoisotopic (exact) mass is 229 g/mol. The van der Waals surface area contributed by atoms with Crippen LogP contribution in [0.25, 0.3) is 0 Å².